The number of hydrogen-bond acceptors (Lipinski definition) is 3. The van der Waals surface area contributed by atoms with E-state index in [1.807, 2.05) is 26.0 Å². The molecule has 0 aromatic heterocycles. The van der Waals surface area contributed by atoms with Crippen LogP contribution in [-0.4, -0.2) is 29.0 Å². The largest absolute Gasteiger partial charge is 0.292 e. The summed E-state index contributed by atoms with van der Waals surface area (Å²) in [6.07, 6.45) is 2.15. The Morgan fingerprint density at radius 2 is 1.65 bits per heavy atom. The summed E-state index contributed by atoms with van der Waals surface area (Å²) in [4.78, 5) is 37.1. The highest BCUT2D eigenvalue weighted by Gasteiger charge is 2.26. The van der Waals surface area contributed by atoms with Crippen LogP contribution in [-0.2, 0) is 9.59 Å². The van der Waals surface area contributed by atoms with Gasteiger partial charge in [-0.1, -0.05) is 12.1 Å². The average molecular weight is 273 g/mol. The zero-order valence-electron chi connectivity index (χ0n) is 11.9. The van der Waals surface area contributed by atoms with Gasteiger partial charge in [0.1, 0.15) is 0 Å². The lowest BCUT2D eigenvalue weighted by molar-refractivity contribution is -0.143. The molecule has 1 aliphatic rings. The molecule has 20 heavy (non-hydrogen) atoms. The van der Waals surface area contributed by atoms with Crippen molar-refractivity contribution in [1.82, 2.24) is 4.90 Å². The molecule has 1 saturated heterocycles. The molecule has 2 amide bonds. The molecule has 0 saturated carbocycles. The van der Waals surface area contributed by atoms with E-state index in [1.165, 1.54) is 0 Å². The van der Waals surface area contributed by atoms with E-state index in [9.17, 15) is 14.4 Å². The minimum absolute atomic E-state index is 0.139. The molecule has 1 aliphatic heterocycles. The fraction of sp³-hybridized carbons (Fsp3) is 0.438. The number of imide groups is 1. The Labute approximate surface area is 118 Å². The third-order valence-corrected chi connectivity index (χ3v) is 3.76. The van der Waals surface area contributed by atoms with E-state index >= 15 is 0 Å². The van der Waals surface area contributed by atoms with Gasteiger partial charge in [0.15, 0.2) is 5.78 Å². The number of carbonyl (C=O) groups is 3. The molecule has 0 aliphatic carbocycles. The fourth-order valence-electron chi connectivity index (χ4n) is 2.29. The van der Waals surface area contributed by atoms with E-state index in [0.717, 1.165) is 28.9 Å². The Hall–Kier alpha value is -1.97. The lowest BCUT2D eigenvalue weighted by Gasteiger charge is -2.17. The van der Waals surface area contributed by atoms with Crippen LogP contribution in [0.3, 0.4) is 0 Å². The van der Waals surface area contributed by atoms with E-state index in [0.29, 0.717) is 18.4 Å². The van der Waals surface area contributed by atoms with Crippen LogP contribution in [0.1, 0.15) is 47.2 Å². The zero-order valence-corrected chi connectivity index (χ0v) is 11.9. The molecule has 0 unspecified atom stereocenters. The highest BCUT2D eigenvalue weighted by atomic mass is 16.2. The van der Waals surface area contributed by atoms with Gasteiger partial charge >= 0.3 is 0 Å². The molecule has 1 aromatic carbocycles. The van der Waals surface area contributed by atoms with Crippen LogP contribution < -0.4 is 0 Å². The molecule has 0 radical (unpaired) electrons. The number of Topliss-reactive ketones (excluding diaryl/α,β-unsaturated/α-hetero) is 1. The van der Waals surface area contributed by atoms with Crippen molar-refractivity contribution >= 4 is 17.6 Å². The Kier molecular flexibility index (Phi) is 4.32. The molecule has 0 bridgehead atoms. The minimum Gasteiger partial charge on any atom is -0.292 e. The Bertz CT molecular complexity index is 545. The van der Waals surface area contributed by atoms with E-state index in [1.54, 1.807) is 6.07 Å². The molecule has 0 N–H and O–H groups in total. The van der Waals surface area contributed by atoms with Crippen molar-refractivity contribution in [2.45, 2.75) is 39.5 Å². The maximum Gasteiger partial charge on any atom is 0.229 e. The lowest BCUT2D eigenvalue weighted by atomic mass is 10.0. The van der Waals surface area contributed by atoms with Crippen molar-refractivity contribution in [1.29, 1.82) is 0 Å². The third-order valence-electron chi connectivity index (χ3n) is 3.76. The number of likely N-dealkylation sites (tertiary alicyclic amines) is 1. The molecule has 0 spiro atoms. The standard InChI is InChI=1S/C16H19NO3/c1-11-7-8-13(9-12(11)2)14(18)10-17-15(19)5-3-4-6-16(17)20/h7-9H,3-6,10H2,1-2H3. The van der Waals surface area contributed by atoms with Crippen LogP contribution in [0.25, 0.3) is 0 Å². The first-order valence-corrected chi connectivity index (χ1v) is 6.92. The van der Waals surface area contributed by atoms with Crippen LogP contribution in [0.5, 0.6) is 0 Å². The highest BCUT2D eigenvalue weighted by Crippen LogP contribution is 2.15. The normalized spacial score (nSPS) is 16.2. The predicted molar refractivity (Wildman–Crippen MR) is 75.4 cm³/mol. The van der Waals surface area contributed by atoms with Gasteiger partial charge in [-0.15, -0.1) is 0 Å². The summed E-state index contributed by atoms with van der Waals surface area (Å²) in [5.74, 6) is -0.647. The van der Waals surface area contributed by atoms with E-state index in [-0.39, 0.29) is 24.1 Å². The molecule has 1 aromatic rings. The maximum atomic E-state index is 12.2. The summed E-state index contributed by atoms with van der Waals surface area (Å²) in [7, 11) is 0. The van der Waals surface area contributed by atoms with Gasteiger partial charge in [-0.2, -0.15) is 0 Å². The first-order valence-electron chi connectivity index (χ1n) is 6.92. The lowest BCUT2D eigenvalue weighted by Crippen LogP contribution is -2.39. The summed E-state index contributed by atoms with van der Waals surface area (Å²) in [5.41, 5.74) is 2.70. The second kappa shape index (κ2) is 5.99. The fourth-order valence-corrected chi connectivity index (χ4v) is 2.29. The number of aryl methyl sites for hydroxylation is 2. The van der Waals surface area contributed by atoms with Crippen molar-refractivity contribution in [3.63, 3.8) is 0 Å². The van der Waals surface area contributed by atoms with Crippen LogP contribution >= 0.6 is 0 Å². The Balaban J connectivity index is 2.15. The van der Waals surface area contributed by atoms with E-state index in [4.69, 9.17) is 0 Å². The summed E-state index contributed by atoms with van der Waals surface area (Å²) >= 11 is 0. The second-order valence-electron chi connectivity index (χ2n) is 5.30. The third kappa shape index (κ3) is 3.13. The molecule has 4 heteroatoms. The summed E-state index contributed by atoms with van der Waals surface area (Å²) in [6, 6.07) is 5.44. The molecular formula is C16H19NO3. The molecular weight excluding hydrogens is 254 g/mol. The van der Waals surface area contributed by atoms with E-state index < -0.39 is 0 Å². The summed E-state index contributed by atoms with van der Waals surface area (Å²) in [5, 5.41) is 0. The maximum absolute atomic E-state index is 12.2. The minimum atomic E-state index is -0.232. The first kappa shape index (κ1) is 14.4. The van der Waals surface area contributed by atoms with Crippen LogP contribution in [0, 0.1) is 13.8 Å². The van der Waals surface area contributed by atoms with Gasteiger partial charge in [0.05, 0.1) is 6.54 Å². The summed E-state index contributed by atoms with van der Waals surface area (Å²) < 4.78 is 0. The molecule has 4 nitrogen and oxygen atoms in total. The Morgan fingerprint density at radius 3 is 2.20 bits per heavy atom. The van der Waals surface area contributed by atoms with Gasteiger partial charge in [-0.25, -0.2) is 0 Å². The van der Waals surface area contributed by atoms with Gasteiger partial charge < -0.3 is 0 Å². The van der Waals surface area contributed by atoms with Crippen molar-refractivity contribution in [2.75, 3.05) is 6.54 Å². The van der Waals surface area contributed by atoms with Crippen molar-refractivity contribution in [3.05, 3.63) is 34.9 Å². The van der Waals surface area contributed by atoms with E-state index in [2.05, 4.69) is 0 Å². The monoisotopic (exact) mass is 273 g/mol. The van der Waals surface area contributed by atoms with Gasteiger partial charge in [-0.05, 0) is 43.9 Å². The number of benzene rings is 1. The number of rotatable bonds is 3. The number of hydrogen-bond donors (Lipinski definition) is 0. The molecule has 0 atom stereocenters. The number of nitrogens with zero attached hydrogens (tertiary/aromatic N) is 1. The smallest absolute Gasteiger partial charge is 0.229 e. The molecule has 106 valence electrons. The number of amides is 2. The van der Waals surface area contributed by atoms with Gasteiger partial charge in [0.25, 0.3) is 0 Å². The van der Waals surface area contributed by atoms with Crippen LogP contribution in [0.4, 0.5) is 0 Å². The average Bonchev–Trinajstić information content (AvgIpc) is 2.57. The van der Waals surface area contributed by atoms with Crippen LogP contribution in [0.2, 0.25) is 0 Å². The summed E-state index contributed by atoms with van der Waals surface area (Å²) in [6.45, 7) is 3.78. The SMILES string of the molecule is Cc1ccc(C(=O)CN2C(=O)CCCCC2=O)cc1C. The first-order chi connectivity index (χ1) is 9.49. The zero-order chi connectivity index (χ0) is 14.7. The second-order valence-corrected chi connectivity index (χ2v) is 5.30. The van der Waals surface area contributed by atoms with Gasteiger partial charge in [-0.3, -0.25) is 19.3 Å². The number of carbonyl (C=O) groups excluding carboxylic acids is 3. The van der Waals surface area contributed by atoms with Crippen molar-refractivity contribution < 1.29 is 14.4 Å². The quantitative estimate of drug-likeness (QED) is 0.627. The number of ketones is 1. The Morgan fingerprint density at radius 1 is 1.05 bits per heavy atom. The van der Waals surface area contributed by atoms with Gasteiger partial charge in [0.2, 0.25) is 11.8 Å². The predicted octanol–water partition coefficient (Wildman–Crippen LogP) is 2.42. The van der Waals surface area contributed by atoms with Crippen molar-refractivity contribution in [2.24, 2.45) is 0 Å². The topological polar surface area (TPSA) is 54.5 Å². The van der Waals surface area contributed by atoms with Gasteiger partial charge in [0, 0.05) is 18.4 Å². The van der Waals surface area contributed by atoms with Crippen molar-refractivity contribution in [3.8, 4) is 0 Å². The van der Waals surface area contributed by atoms with Crippen LogP contribution in [0.15, 0.2) is 18.2 Å². The molecule has 1 heterocycles. The highest BCUT2D eigenvalue weighted by molar-refractivity contribution is 6.04. The molecule has 1 fully saturated rings. The molecule has 2 rings (SSSR count).